The summed E-state index contributed by atoms with van der Waals surface area (Å²) >= 11 is 0. The summed E-state index contributed by atoms with van der Waals surface area (Å²) in [7, 11) is 0. The summed E-state index contributed by atoms with van der Waals surface area (Å²) in [4.78, 5) is 52.8. The van der Waals surface area contributed by atoms with Crippen molar-refractivity contribution in [3.8, 4) is 0 Å². The monoisotopic (exact) mass is 493 g/mol. The number of rotatable bonds is 7. The van der Waals surface area contributed by atoms with E-state index in [0.717, 1.165) is 10.5 Å². The van der Waals surface area contributed by atoms with Crippen molar-refractivity contribution in [2.45, 2.75) is 19.5 Å². The van der Waals surface area contributed by atoms with Crippen molar-refractivity contribution in [2.75, 3.05) is 5.32 Å². The first-order valence-electron chi connectivity index (χ1n) is 11.7. The second-order valence-electron chi connectivity index (χ2n) is 8.64. The van der Waals surface area contributed by atoms with Gasteiger partial charge in [0.2, 0.25) is 0 Å². The van der Waals surface area contributed by atoms with Crippen LogP contribution in [0.25, 0.3) is 0 Å². The Morgan fingerprint density at radius 2 is 1.57 bits per heavy atom. The maximum Gasteiger partial charge on any atom is 0.261 e. The van der Waals surface area contributed by atoms with Gasteiger partial charge < -0.3 is 15.1 Å². The largest absolute Gasteiger partial charge is 0.467 e. The highest BCUT2D eigenvalue weighted by Crippen LogP contribution is 2.26. The second kappa shape index (κ2) is 9.94. The van der Waals surface area contributed by atoms with Crippen LogP contribution in [0.3, 0.4) is 0 Å². The number of fused-ring (bicyclic) bond motifs is 1. The minimum Gasteiger partial charge on any atom is -0.467 e. The number of hydrogen-bond donors (Lipinski definition) is 2. The number of amides is 4. The third-order valence-corrected chi connectivity index (χ3v) is 6.19. The van der Waals surface area contributed by atoms with E-state index in [-0.39, 0.29) is 35.2 Å². The van der Waals surface area contributed by atoms with E-state index in [2.05, 4.69) is 10.6 Å². The van der Waals surface area contributed by atoms with Crippen LogP contribution in [0, 0.1) is 0 Å². The third kappa shape index (κ3) is 4.77. The van der Waals surface area contributed by atoms with Crippen LogP contribution in [0.1, 0.15) is 65.7 Å². The highest BCUT2D eigenvalue weighted by atomic mass is 16.3. The average Bonchev–Trinajstić information content (AvgIpc) is 3.52. The SMILES string of the molecule is CC(NC(=O)c1ccccc1NC(=O)c1ccc2c(c1)C(=O)N(Cc1ccco1)C2=O)c1ccccc1. The van der Waals surface area contributed by atoms with Crippen molar-refractivity contribution in [1.82, 2.24) is 10.2 Å². The molecule has 5 rings (SSSR count). The van der Waals surface area contributed by atoms with Gasteiger partial charge >= 0.3 is 0 Å². The highest BCUT2D eigenvalue weighted by molar-refractivity contribution is 6.22. The number of nitrogens with one attached hydrogen (secondary N) is 2. The van der Waals surface area contributed by atoms with Gasteiger partial charge in [0.15, 0.2) is 0 Å². The molecule has 0 radical (unpaired) electrons. The predicted molar refractivity (Wildman–Crippen MR) is 136 cm³/mol. The second-order valence-corrected chi connectivity index (χ2v) is 8.64. The lowest BCUT2D eigenvalue weighted by Gasteiger charge is -2.16. The molecule has 37 heavy (non-hydrogen) atoms. The van der Waals surface area contributed by atoms with Crippen LogP contribution in [-0.4, -0.2) is 28.5 Å². The number of imide groups is 1. The molecule has 0 saturated carbocycles. The van der Waals surface area contributed by atoms with Crippen molar-refractivity contribution in [2.24, 2.45) is 0 Å². The fourth-order valence-electron chi connectivity index (χ4n) is 4.22. The van der Waals surface area contributed by atoms with Crippen LogP contribution in [0.15, 0.2) is 95.6 Å². The summed E-state index contributed by atoms with van der Waals surface area (Å²) in [6.07, 6.45) is 1.47. The van der Waals surface area contributed by atoms with Crippen molar-refractivity contribution in [3.05, 3.63) is 125 Å². The van der Waals surface area contributed by atoms with Gasteiger partial charge in [0.05, 0.1) is 41.2 Å². The van der Waals surface area contributed by atoms with Crippen LogP contribution in [0.2, 0.25) is 0 Å². The van der Waals surface area contributed by atoms with E-state index >= 15 is 0 Å². The van der Waals surface area contributed by atoms with E-state index in [1.54, 1.807) is 36.4 Å². The molecule has 0 aliphatic carbocycles. The number of nitrogens with zero attached hydrogens (tertiary/aromatic N) is 1. The van der Waals surface area contributed by atoms with Gasteiger partial charge in [-0.3, -0.25) is 24.1 Å². The molecule has 0 saturated heterocycles. The van der Waals surface area contributed by atoms with E-state index < -0.39 is 17.7 Å². The molecule has 8 nitrogen and oxygen atoms in total. The Labute approximate surface area is 212 Å². The molecule has 4 amide bonds. The molecular formula is C29H23N3O5. The third-order valence-electron chi connectivity index (χ3n) is 6.19. The molecule has 1 aromatic heterocycles. The molecule has 0 fully saturated rings. The number of benzene rings is 3. The first-order valence-corrected chi connectivity index (χ1v) is 11.7. The lowest BCUT2D eigenvalue weighted by molar-refractivity contribution is 0.0631. The molecule has 0 bridgehead atoms. The molecule has 4 aromatic rings. The van der Waals surface area contributed by atoms with Crippen LogP contribution in [0.4, 0.5) is 5.69 Å². The molecule has 184 valence electrons. The van der Waals surface area contributed by atoms with Crippen molar-refractivity contribution < 1.29 is 23.6 Å². The Bertz CT molecular complexity index is 1500. The fraction of sp³-hybridized carbons (Fsp3) is 0.103. The van der Waals surface area contributed by atoms with Gasteiger partial charge in [-0.2, -0.15) is 0 Å². The Hall–Kier alpha value is -4.98. The van der Waals surface area contributed by atoms with Crippen LogP contribution in [-0.2, 0) is 6.54 Å². The number of furan rings is 1. The summed E-state index contributed by atoms with van der Waals surface area (Å²) in [5.41, 5.74) is 2.14. The molecule has 0 spiro atoms. The topological polar surface area (TPSA) is 109 Å². The minimum atomic E-state index is -0.510. The molecule has 2 heterocycles. The molecule has 8 heteroatoms. The lowest BCUT2D eigenvalue weighted by atomic mass is 10.0. The fourth-order valence-corrected chi connectivity index (χ4v) is 4.22. The van der Waals surface area contributed by atoms with Crippen molar-refractivity contribution >= 4 is 29.3 Å². The summed E-state index contributed by atoms with van der Waals surface area (Å²) in [6, 6.07) is 23.7. The first kappa shape index (κ1) is 23.7. The maximum absolute atomic E-state index is 13.1. The number of hydrogen-bond acceptors (Lipinski definition) is 5. The molecule has 2 N–H and O–H groups in total. The van der Waals surface area contributed by atoms with Crippen LogP contribution < -0.4 is 10.6 Å². The smallest absolute Gasteiger partial charge is 0.261 e. The van der Waals surface area contributed by atoms with E-state index in [0.29, 0.717) is 17.0 Å². The van der Waals surface area contributed by atoms with Crippen LogP contribution in [0.5, 0.6) is 0 Å². The van der Waals surface area contributed by atoms with Crippen LogP contribution >= 0.6 is 0 Å². The summed E-state index contributed by atoms with van der Waals surface area (Å²) in [6.45, 7) is 1.89. The van der Waals surface area contributed by atoms with Gasteiger partial charge in [0.25, 0.3) is 23.6 Å². The van der Waals surface area contributed by atoms with Gasteiger partial charge in [-0.15, -0.1) is 0 Å². The molecule has 1 aliphatic heterocycles. The van der Waals surface area contributed by atoms with E-state index in [4.69, 9.17) is 4.42 Å². The standard InChI is InChI=1S/C29H23N3O5/c1-18(19-8-3-2-4-9-19)30-27(34)23-11-5-6-12-25(23)31-26(33)20-13-14-22-24(16-20)29(36)32(28(22)35)17-21-10-7-15-37-21/h2-16,18H,17H2,1H3,(H,30,34)(H,31,33). The zero-order valence-corrected chi connectivity index (χ0v) is 19.9. The Morgan fingerprint density at radius 3 is 2.32 bits per heavy atom. The normalized spacial score (nSPS) is 13.3. The molecule has 3 aromatic carbocycles. The zero-order chi connectivity index (χ0) is 25.9. The summed E-state index contributed by atoms with van der Waals surface area (Å²) < 4.78 is 5.26. The van der Waals surface area contributed by atoms with Crippen molar-refractivity contribution in [3.63, 3.8) is 0 Å². The average molecular weight is 494 g/mol. The summed E-state index contributed by atoms with van der Waals surface area (Å²) in [5, 5.41) is 5.71. The minimum absolute atomic E-state index is 0.00473. The highest BCUT2D eigenvalue weighted by Gasteiger charge is 2.36. The van der Waals surface area contributed by atoms with Gasteiger partial charge in [-0.05, 0) is 55.0 Å². The Balaban J connectivity index is 1.33. The number of para-hydroxylation sites is 1. The summed E-state index contributed by atoms with van der Waals surface area (Å²) in [5.74, 6) is -1.32. The van der Waals surface area contributed by atoms with Crippen molar-refractivity contribution in [1.29, 1.82) is 0 Å². The quantitative estimate of drug-likeness (QED) is 0.359. The van der Waals surface area contributed by atoms with Gasteiger partial charge in [-0.25, -0.2) is 0 Å². The molecule has 1 atom stereocenters. The Kier molecular flexibility index (Phi) is 6.38. The van der Waals surface area contributed by atoms with E-state index in [1.807, 2.05) is 37.3 Å². The zero-order valence-electron chi connectivity index (χ0n) is 19.9. The lowest BCUT2D eigenvalue weighted by Crippen LogP contribution is -2.28. The van der Waals surface area contributed by atoms with Gasteiger partial charge in [0, 0.05) is 5.56 Å². The van der Waals surface area contributed by atoms with E-state index in [9.17, 15) is 19.2 Å². The Morgan fingerprint density at radius 1 is 0.838 bits per heavy atom. The predicted octanol–water partition coefficient (Wildman–Crippen LogP) is 4.82. The number of carbonyl (C=O) groups is 4. The number of anilines is 1. The molecule has 1 unspecified atom stereocenters. The van der Waals surface area contributed by atoms with E-state index in [1.165, 1.54) is 24.5 Å². The number of carbonyl (C=O) groups excluding carboxylic acids is 4. The maximum atomic E-state index is 13.1. The molecular weight excluding hydrogens is 470 g/mol. The first-order chi connectivity index (χ1) is 17.9. The van der Waals surface area contributed by atoms with Gasteiger partial charge in [0.1, 0.15) is 5.76 Å². The molecule has 1 aliphatic rings. The van der Waals surface area contributed by atoms with Gasteiger partial charge in [-0.1, -0.05) is 42.5 Å².